The molecule has 1 aromatic heterocycles. The summed E-state index contributed by atoms with van der Waals surface area (Å²) >= 11 is 0. The van der Waals surface area contributed by atoms with Gasteiger partial charge in [-0.3, -0.25) is 0 Å². The highest BCUT2D eigenvalue weighted by molar-refractivity contribution is 5.86. The minimum absolute atomic E-state index is 0.298. The van der Waals surface area contributed by atoms with E-state index in [0.29, 0.717) is 24.4 Å². The molecule has 0 unspecified atom stereocenters. The number of ether oxygens (including phenoxy) is 2. The van der Waals surface area contributed by atoms with Crippen molar-refractivity contribution in [3.05, 3.63) is 93.8 Å². The lowest BCUT2D eigenvalue weighted by Crippen LogP contribution is -2.32. The first-order chi connectivity index (χ1) is 14.6. The van der Waals surface area contributed by atoms with Gasteiger partial charge in [-0.1, -0.05) is 18.2 Å². The zero-order valence-electron chi connectivity index (χ0n) is 16.8. The minimum atomic E-state index is -0.298. The van der Waals surface area contributed by atoms with Gasteiger partial charge in [0.25, 0.3) is 0 Å². The van der Waals surface area contributed by atoms with Crippen LogP contribution in [0.1, 0.15) is 16.7 Å². The number of fused-ring (bicyclic) bond motifs is 3. The van der Waals surface area contributed by atoms with Gasteiger partial charge in [0.15, 0.2) is 6.73 Å². The van der Waals surface area contributed by atoms with Crippen LogP contribution < -0.4 is 20.0 Å². The molecule has 0 amide bonds. The third-order valence-corrected chi connectivity index (χ3v) is 5.59. The second-order valence-electron chi connectivity index (χ2n) is 7.44. The van der Waals surface area contributed by atoms with Gasteiger partial charge in [-0.25, -0.2) is 4.79 Å². The van der Waals surface area contributed by atoms with Gasteiger partial charge in [-0.2, -0.15) is 0 Å². The second kappa shape index (κ2) is 7.26. The Kier molecular flexibility index (Phi) is 4.43. The lowest BCUT2D eigenvalue weighted by molar-refractivity contribution is 0.289. The van der Waals surface area contributed by atoms with Crippen molar-refractivity contribution in [1.82, 2.24) is 0 Å². The largest absolute Gasteiger partial charge is 0.473 e. The van der Waals surface area contributed by atoms with E-state index in [-0.39, 0.29) is 5.63 Å². The molecule has 3 aromatic carbocycles. The molecule has 0 N–H and O–H groups in total. The van der Waals surface area contributed by atoms with Gasteiger partial charge in [0.2, 0.25) is 0 Å². The van der Waals surface area contributed by atoms with E-state index in [0.717, 1.165) is 39.4 Å². The van der Waals surface area contributed by atoms with Crippen LogP contribution in [0.3, 0.4) is 0 Å². The van der Waals surface area contributed by atoms with Crippen LogP contribution in [-0.2, 0) is 6.54 Å². The van der Waals surface area contributed by atoms with Gasteiger partial charge in [0, 0.05) is 16.6 Å². The SMILES string of the molecule is Cc1c(C)c2ccc3c(c2oc1=O)CN(c1ccc(Oc2ccccc2)cc1)CO3. The van der Waals surface area contributed by atoms with E-state index in [1.165, 1.54) is 0 Å². The van der Waals surface area contributed by atoms with Crippen LogP contribution in [-0.4, -0.2) is 6.73 Å². The first kappa shape index (κ1) is 18.3. The molecule has 0 saturated heterocycles. The Labute approximate surface area is 174 Å². The number of aryl methyl sites for hydroxylation is 1. The zero-order chi connectivity index (χ0) is 20.7. The Balaban J connectivity index is 1.44. The van der Waals surface area contributed by atoms with E-state index in [4.69, 9.17) is 13.9 Å². The third kappa shape index (κ3) is 3.18. The van der Waals surface area contributed by atoms with Crippen LogP contribution in [0.5, 0.6) is 17.2 Å². The van der Waals surface area contributed by atoms with Crippen molar-refractivity contribution in [3.8, 4) is 17.2 Å². The second-order valence-corrected chi connectivity index (χ2v) is 7.44. The molecule has 0 aliphatic carbocycles. The molecule has 0 radical (unpaired) electrons. The molecular weight excluding hydrogens is 378 g/mol. The van der Waals surface area contributed by atoms with Crippen molar-refractivity contribution in [2.24, 2.45) is 0 Å². The number of rotatable bonds is 3. The van der Waals surface area contributed by atoms with E-state index in [1.807, 2.05) is 73.7 Å². The molecule has 5 nitrogen and oxygen atoms in total. The highest BCUT2D eigenvalue weighted by atomic mass is 16.5. The molecule has 5 rings (SSSR count). The van der Waals surface area contributed by atoms with Gasteiger partial charge in [0.05, 0.1) is 12.1 Å². The average molecular weight is 399 g/mol. The normalized spacial score (nSPS) is 13.1. The van der Waals surface area contributed by atoms with Crippen molar-refractivity contribution in [2.45, 2.75) is 20.4 Å². The number of para-hydroxylation sites is 1. The maximum Gasteiger partial charge on any atom is 0.339 e. The molecule has 0 saturated carbocycles. The Morgan fingerprint density at radius 2 is 1.60 bits per heavy atom. The molecule has 0 spiro atoms. The molecule has 0 atom stereocenters. The third-order valence-electron chi connectivity index (χ3n) is 5.59. The van der Waals surface area contributed by atoms with Gasteiger partial charge in [-0.15, -0.1) is 0 Å². The number of nitrogens with zero attached hydrogens (tertiary/aromatic N) is 1. The standard InChI is InChI=1S/C25H21NO4/c1-16-17(2)25(27)30-24-21(16)12-13-23-22(24)14-26(15-28-23)18-8-10-20(11-9-18)29-19-6-4-3-5-7-19/h3-13H,14-15H2,1-2H3. The van der Waals surface area contributed by atoms with Crippen LogP contribution in [0.15, 0.2) is 75.9 Å². The maximum atomic E-state index is 12.2. The van der Waals surface area contributed by atoms with Crippen LogP contribution in [0.25, 0.3) is 11.0 Å². The number of anilines is 1. The van der Waals surface area contributed by atoms with Crippen LogP contribution in [0.4, 0.5) is 5.69 Å². The summed E-state index contributed by atoms with van der Waals surface area (Å²) in [7, 11) is 0. The molecule has 0 bridgehead atoms. The van der Waals surface area contributed by atoms with Crippen molar-refractivity contribution in [3.63, 3.8) is 0 Å². The molecule has 1 aliphatic heterocycles. The molecule has 1 aliphatic rings. The Morgan fingerprint density at radius 3 is 2.37 bits per heavy atom. The molecule has 0 fully saturated rings. The smallest absolute Gasteiger partial charge is 0.339 e. The first-order valence-electron chi connectivity index (χ1n) is 9.87. The molecule has 4 aromatic rings. The summed E-state index contributed by atoms with van der Waals surface area (Å²) in [5, 5.41) is 0.947. The van der Waals surface area contributed by atoms with Crippen LogP contribution >= 0.6 is 0 Å². The Hall–Kier alpha value is -3.73. The van der Waals surface area contributed by atoms with Gasteiger partial charge in [0.1, 0.15) is 22.8 Å². The molecule has 2 heterocycles. The number of hydrogen-bond acceptors (Lipinski definition) is 5. The van der Waals surface area contributed by atoms with Crippen molar-refractivity contribution < 1.29 is 13.9 Å². The fourth-order valence-corrected chi connectivity index (χ4v) is 3.73. The topological polar surface area (TPSA) is 51.9 Å². The van der Waals surface area contributed by atoms with E-state index >= 15 is 0 Å². The van der Waals surface area contributed by atoms with Crippen molar-refractivity contribution in [2.75, 3.05) is 11.6 Å². The van der Waals surface area contributed by atoms with E-state index in [9.17, 15) is 4.79 Å². The monoisotopic (exact) mass is 399 g/mol. The van der Waals surface area contributed by atoms with Gasteiger partial charge < -0.3 is 18.8 Å². The molecule has 150 valence electrons. The summed E-state index contributed by atoms with van der Waals surface area (Å²) in [5.74, 6) is 2.33. The van der Waals surface area contributed by atoms with Crippen LogP contribution in [0, 0.1) is 13.8 Å². The molecule has 30 heavy (non-hydrogen) atoms. The highest BCUT2D eigenvalue weighted by Gasteiger charge is 2.23. The van der Waals surface area contributed by atoms with Gasteiger partial charge in [-0.05, 0) is 67.9 Å². The van der Waals surface area contributed by atoms with Crippen LogP contribution in [0.2, 0.25) is 0 Å². The maximum absolute atomic E-state index is 12.2. The number of benzene rings is 3. The summed E-state index contributed by atoms with van der Waals surface area (Å²) in [5.41, 5.74) is 3.80. The van der Waals surface area contributed by atoms with E-state index < -0.39 is 0 Å². The lowest BCUT2D eigenvalue weighted by Gasteiger charge is -2.31. The number of hydrogen-bond donors (Lipinski definition) is 0. The first-order valence-corrected chi connectivity index (χ1v) is 9.87. The zero-order valence-corrected chi connectivity index (χ0v) is 16.8. The molecular formula is C25H21NO4. The summed E-state index contributed by atoms with van der Waals surface area (Å²) in [6.45, 7) is 4.76. The molecule has 5 heteroatoms. The lowest BCUT2D eigenvalue weighted by atomic mass is 10.0. The highest BCUT2D eigenvalue weighted by Crippen LogP contribution is 2.35. The van der Waals surface area contributed by atoms with E-state index in [1.54, 1.807) is 6.92 Å². The summed E-state index contributed by atoms with van der Waals surface area (Å²) < 4.78 is 17.5. The Bertz CT molecular complexity index is 1280. The summed E-state index contributed by atoms with van der Waals surface area (Å²) in [6.07, 6.45) is 0. The predicted molar refractivity (Wildman–Crippen MR) is 117 cm³/mol. The van der Waals surface area contributed by atoms with Crippen molar-refractivity contribution in [1.29, 1.82) is 0 Å². The fourth-order valence-electron chi connectivity index (χ4n) is 3.73. The average Bonchev–Trinajstić information content (AvgIpc) is 2.78. The quantitative estimate of drug-likeness (QED) is 0.422. The predicted octanol–water partition coefficient (Wildman–Crippen LogP) is 5.56. The minimum Gasteiger partial charge on any atom is -0.473 e. The Morgan fingerprint density at radius 1 is 0.867 bits per heavy atom. The fraction of sp³-hybridized carbons (Fsp3) is 0.160. The summed E-state index contributed by atoms with van der Waals surface area (Å²) in [6, 6.07) is 21.5. The van der Waals surface area contributed by atoms with Crippen molar-refractivity contribution >= 4 is 16.7 Å². The van der Waals surface area contributed by atoms with E-state index in [2.05, 4.69) is 4.90 Å². The summed E-state index contributed by atoms with van der Waals surface area (Å²) in [4.78, 5) is 14.3. The van der Waals surface area contributed by atoms with Gasteiger partial charge >= 0.3 is 5.63 Å².